The highest BCUT2D eigenvalue weighted by Gasteiger charge is 2.30. The molecule has 4 rings (SSSR count). The topological polar surface area (TPSA) is 77.0 Å². The maximum absolute atomic E-state index is 11.9. The Kier molecular flexibility index (Phi) is 4.55. The number of pyridine rings is 1. The lowest BCUT2D eigenvalue weighted by Crippen LogP contribution is -2.10. The number of hydrogen-bond acceptors (Lipinski definition) is 6. The van der Waals surface area contributed by atoms with Crippen LogP contribution >= 0.6 is 15.9 Å². The van der Waals surface area contributed by atoms with Crippen LogP contribution in [0.4, 0.5) is 5.82 Å². The van der Waals surface area contributed by atoms with Gasteiger partial charge in [-0.2, -0.15) is 0 Å². The van der Waals surface area contributed by atoms with E-state index in [1.807, 2.05) is 24.3 Å². The molecule has 7 heteroatoms. The van der Waals surface area contributed by atoms with E-state index >= 15 is 0 Å². The van der Waals surface area contributed by atoms with Gasteiger partial charge in [-0.15, -0.1) is 0 Å². The summed E-state index contributed by atoms with van der Waals surface area (Å²) in [5.74, 6) is 0.786. The molecular weight excluding hydrogens is 396 g/mol. The molecule has 6 nitrogen and oxygen atoms in total. The fourth-order valence-electron chi connectivity index (χ4n) is 2.91. The molecule has 26 heavy (non-hydrogen) atoms. The van der Waals surface area contributed by atoms with Gasteiger partial charge in [0.05, 0.1) is 36.1 Å². The van der Waals surface area contributed by atoms with E-state index in [-0.39, 0.29) is 5.97 Å². The fraction of sp³-hybridized carbons (Fsp3) is 0.263. The number of carbonyl (C=O) groups excluding carboxylic acids is 1. The highest BCUT2D eigenvalue weighted by Crippen LogP contribution is 2.40. The van der Waals surface area contributed by atoms with E-state index in [0.29, 0.717) is 18.0 Å². The van der Waals surface area contributed by atoms with Crippen LogP contribution in [0, 0.1) is 0 Å². The molecule has 0 spiro atoms. The summed E-state index contributed by atoms with van der Waals surface area (Å²) in [7, 11) is 1.40. The van der Waals surface area contributed by atoms with Gasteiger partial charge >= 0.3 is 5.97 Å². The third-order valence-corrected chi connectivity index (χ3v) is 4.88. The molecule has 2 aromatic heterocycles. The number of carbonyl (C=O) groups is 1. The zero-order valence-corrected chi connectivity index (χ0v) is 15.8. The van der Waals surface area contributed by atoms with Crippen LogP contribution in [0.3, 0.4) is 0 Å². The minimum absolute atomic E-state index is 0.328. The lowest BCUT2D eigenvalue weighted by Gasteiger charge is -2.11. The van der Waals surface area contributed by atoms with Crippen LogP contribution in [0.2, 0.25) is 0 Å². The summed E-state index contributed by atoms with van der Waals surface area (Å²) in [5, 5.41) is 4.27. The maximum Gasteiger partial charge on any atom is 0.339 e. The average Bonchev–Trinajstić information content (AvgIpc) is 3.50. The number of benzene rings is 1. The van der Waals surface area contributed by atoms with E-state index in [9.17, 15) is 4.79 Å². The molecule has 132 valence electrons. The van der Waals surface area contributed by atoms with Gasteiger partial charge in [0.15, 0.2) is 0 Å². The Balaban J connectivity index is 1.60. The molecule has 1 aliphatic rings. The Hall–Kier alpha value is -2.54. The van der Waals surface area contributed by atoms with Gasteiger partial charge in [-0.1, -0.05) is 15.9 Å². The first kappa shape index (κ1) is 16.9. The zero-order chi connectivity index (χ0) is 18.1. The Bertz CT molecular complexity index is 988. The van der Waals surface area contributed by atoms with Crippen molar-refractivity contribution in [3.05, 3.63) is 58.1 Å². The third kappa shape index (κ3) is 3.39. The van der Waals surface area contributed by atoms with Crippen LogP contribution in [0.5, 0.6) is 0 Å². The van der Waals surface area contributed by atoms with E-state index in [1.165, 1.54) is 7.11 Å². The van der Waals surface area contributed by atoms with Crippen LogP contribution in [0.25, 0.3) is 10.9 Å². The van der Waals surface area contributed by atoms with Crippen molar-refractivity contribution in [2.24, 2.45) is 0 Å². The minimum Gasteiger partial charge on any atom is -0.465 e. The monoisotopic (exact) mass is 412 g/mol. The number of hydrogen-bond donors (Lipinski definition) is 1. The van der Waals surface area contributed by atoms with Gasteiger partial charge < -0.3 is 10.1 Å². The van der Waals surface area contributed by atoms with E-state index in [1.54, 1.807) is 12.4 Å². The summed E-state index contributed by atoms with van der Waals surface area (Å²) >= 11 is 3.48. The smallest absolute Gasteiger partial charge is 0.339 e. The molecule has 0 aliphatic heterocycles. The average molecular weight is 413 g/mol. The first-order chi connectivity index (χ1) is 12.7. The highest BCUT2D eigenvalue weighted by atomic mass is 79.9. The van der Waals surface area contributed by atoms with Gasteiger partial charge in [-0.3, -0.25) is 4.98 Å². The second-order valence-electron chi connectivity index (χ2n) is 6.24. The number of ether oxygens (including phenoxy) is 1. The van der Waals surface area contributed by atoms with Crippen LogP contribution in [-0.4, -0.2) is 28.0 Å². The summed E-state index contributed by atoms with van der Waals surface area (Å²) in [6, 6.07) is 9.54. The van der Waals surface area contributed by atoms with Crippen molar-refractivity contribution in [3.8, 4) is 0 Å². The number of aromatic nitrogens is 3. The van der Waals surface area contributed by atoms with Crippen molar-refractivity contribution >= 4 is 38.6 Å². The molecule has 0 bridgehead atoms. The Morgan fingerprint density at radius 2 is 2.12 bits per heavy atom. The number of anilines is 1. The molecule has 1 saturated carbocycles. The van der Waals surface area contributed by atoms with E-state index in [0.717, 1.165) is 45.4 Å². The Morgan fingerprint density at radius 3 is 2.88 bits per heavy atom. The molecular formula is C19H17BrN4O2. The second kappa shape index (κ2) is 6.99. The Morgan fingerprint density at radius 1 is 1.27 bits per heavy atom. The van der Waals surface area contributed by atoms with Crippen LogP contribution in [0.1, 0.15) is 40.5 Å². The van der Waals surface area contributed by atoms with E-state index in [4.69, 9.17) is 9.72 Å². The van der Waals surface area contributed by atoms with Crippen molar-refractivity contribution in [1.29, 1.82) is 0 Å². The van der Waals surface area contributed by atoms with Crippen molar-refractivity contribution in [3.63, 3.8) is 0 Å². The van der Waals surface area contributed by atoms with Gasteiger partial charge in [0.25, 0.3) is 0 Å². The first-order valence-electron chi connectivity index (χ1n) is 8.38. The number of halogens is 1. The molecule has 2 heterocycles. The van der Waals surface area contributed by atoms with Crippen molar-refractivity contribution in [2.45, 2.75) is 25.3 Å². The quantitative estimate of drug-likeness (QED) is 0.636. The second-order valence-corrected chi connectivity index (χ2v) is 7.15. The fourth-order valence-corrected chi connectivity index (χ4v) is 3.27. The van der Waals surface area contributed by atoms with Gasteiger partial charge in [-0.25, -0.2) is 14.8 Å². The standard InChI is InChI=1S/C19H17BrN4O2/c1-26-19(25)14-6-5-13(24-17(14)11-2-3-11)9-21-18-15-8-12(20)4-7-16(15)22-10-23-18/h4-8,10-11H,2-3,9H2,1H3,(H,21,22,23). The third-order valence-electron chi connectivity index (χ3n) is 4.39. The normalized spacial score (nSPS) is 13.6. The molecule has 0 unspecified atom stereocenters. The molecule has 1 N–H and O–H groups in total. The molecule has 0 atom stereocenters. The largest absolute Gasteiger partial charge is 0.465 e. The molecule has 3 aromatic rings. The van der Waals surface area contributed by atoms with Crippen LogP contribution in [0.15, 0.2) is 41.1 Å². The minimum atomic E-state index is -0.328. The highest BCUT2D eigenvalue weighted by molar-refractivity contribution is 9.10. The predicted octanol–water partition coefficient (Wildman–Crippen LogP) is 4.06. The number of rotatable bonds is 5. The van der Waals surface area contributed by atoms with Gasteiger partial charge in [-0.05, 0) is 43.2 Å². The summed E-state index contributed by atoms with van der Waals surface area (Å²) in [6.45, 7) is 0.514. The summed E-state index contributed by atoms with van der Waals surface area (Å²) in [5.41, 5.74) is 3.14. The molecule has 1 aliphatic carbocycles. The lowest BCUT2D eigenvalue weighted by atomic mass is 10.1. The molecule has 1 fully saturated rings. The SMILES string of the molecule is COC(=O)c1ccc(CNc2ncnc3ccc(Br)cc23)nc1C1CC1. The van der Waals surface area contributed by atoms with Gasteiger partial charge in [0, 0.05) is 15.8 Å². The van der Waals surface area contributed by atoms with E-state index < -0.39 is 0 Å². The summed E-state index contributed by atoms with van der Waals surface area (Å²) < 4.78 is 5.84. The van der Waals surface area contributed by atoms with Crippen molar-refractivity contribution in [1.82, 2.24) is 15.0 Å². The molecule has 0 radical (unpaired) electrons. The van der Waals surface area contributed by atoms with Crippen molar-refractivity contribution in [2.75, 3.05) is 12.4 Å². The number of fused-ring (bicyclic) bond motifs is 1. The van der Waals surface area contributed by atoms with Crippen LogP contribution < -0.4 is 5.32 Å². The number of nitrogens with one attached hydrogen (secondary N) is 1. The summed E-state index contributed by atoms with van der Waals surface area (Å²) in [6.07, 6.45) is 3.68. The zero-order valence-electron chi connectivity index (χ0n) is 14.2. The number of methoxy groups -OCH3 is 1. The van der Waals surface area contributed by atoms with E-state index in [2.05, 4.69) is 31.2 Å². The predicted molar refractivity (Wildman–Crippen MR) is 102 cm³/mol. The first-order valence-corrected chi connectivity index (χ1v) is 9.17. The summed E-state index contributed by atoms with van der Waals surface area (Å²) in [4.78, 5) is 25.3. The van der Waals surface area contributed by atoms with Crippen molar-refractivity contribution < 1.29 is 9.53 Å². The van der Waals surface area contributed by atoms with Crippen LogP contribution in [-0.2, 0) is 11.3 Å². The Labute approximate surface area is 159 Å². The molecule has 1 aromatic carbocycles. The number of esters is 1. The number of nitrogens with zero attached hydrogens (tertiary/aromatic N) is 3. The molecule has 0 amide bonds. The molecule has 0 saturated heterocycles. The van der Waals surface area contributed by atoms with Gasteiger partial charge in [0.1, 0.15) is 12.1 Å². The van der Waals surface area contributed by atoms with Gasteiger partial charge in [0.2, 0.25) is 0 Å². The lowest BCUT2D eigenvalue weighted by molar-refractivity contribution is 0.0598. The maximum atomic E-state index is 11.9.